The first-order valence-corrected chi connectivity index (χ1v) is 52.8. The monoisotopic (exact) mass is 1960 g/mol. The summed E-state index contributed by atoms with van der Waals surface area (Å²) in [6, 6.07) is 187. The summed E-state index contributed by atoms with van der Waals surface area (Å²) in [5.41, 5.74) is 28.5. The lowest BCUT2D eigenvalue weighted by molar-refractivity contribution is 1.19. The fourth-order valence-corrected chi connectivity index (χ4v) is 26.4. The van der Waals surface area contributed by atoms with E-state index in [9.17, 15) is 0 Å². The third kappa shape index (κ3) is 15.3. The molecule has 0 amide bonds. The molecule has 24 aromatic carbocycles. The van der Waals surface area contributed by atoms with Crippen LogP contribution in [-0.2, 0) is 0 Å². The van der Waals surface area contributed by atoms with Crippen LogP contribution in [0, 0.1) is 0 Å². The molecule has 0 bridgehead atoms. The Balaban J connectivity index is 0.000000113. The Morgan fingerprint density at radius 2 is 0.544 bits per heavy atom. The second kappa shape index (κ2) is 37.5. The highest BCUT2D eigenvalue weighted by molar-refractivity contribution is 7.27. The van der Waals surface area contributed by atoms with Gasteiger partial charge in [-0.25, -0.2) is 0 Å². The summed E-state index contributed by atoms with van der Waals surface area (Å²) >= 11 is 5.49. The second-order valence-corrected chi connectivity index (χ2v) is 40.8. The summed E-state index contributed by atoms with van der Waals surface area (Å²) in [6.45, 7) is 0. The van der Waals surface area contributed by atoms with Gasteiger partial charge in [-0.05, 0) is 226 Å². The first kappa shape index (κ1) is 82.7. The first-order valence-electron chi connectivity index (χ1n) is 52.8. The molecular weight excluding hydrogens is 1860 g/mol. The first-order chi connectivity index (χ1) is 76.1. The molecule has 6 aromatic heterocycles. The maximum Gasteiger partial charge on any atom is 0.0648 e. The minimum absolute atomic E-state index is 0.148. The van der Waals surface area contributed by atoms with Gasteiger partial charge in [-0.15, -0.1) is 34.0 Å². The molecule has 6 heterocycles. The fourth-order valence-electron chi connectivity index (χ4n) is 22.7. The molecule has 0 N–H and O–H groups in total. The van der Waals surface area contributed by atoms with Gasteiger partial charge in [-0.2, -0.15) is 0 Å². The summed E-state index contributed by atoms with van der Waals surface area (Å²) in [5.74, 6) is 0. The summed E-state index contributed by atoms with van der Waals surface area (Å²) in [7, 11) is 0. The van der Waals surface area contributed by atoms with E-state index in [0.717, 1.165) is 104 Å². The van der Waals surface area contributed by atoms with E-state index < -0.39 is 6.04 Å². The SMILES string of the molecule is [2H]c1c([2H])c([2H])c(-n2c3ccccc3c3cc(-c4ccc(N(c5ccccc5)c5cccc6ccccc56)cc4)c4sc5ccccc5c4c32)c([2H])c1[2H].c1ccc(-c2c(-c3ccc(N(c4ccccc4)c4ccc(-c5ccc6ccccc6c5)cc4)cc3)c3sc4ccccc4c3c3c2c2ccccc2n3-c2ccccc2)cc1.c1ccc(N(c2ccccc2)c2cc3c4ccccc4n(-c4ccccc4)c3c3c2sc2ccccc23)cc1. The molecule has 0 aliphatic rings. The Labute approximate surface area is 880 Å². The number of rotatable bonds is 16. The number of hydrogen-bond acceptors (Lipinski definition) is 6. The molecule has 9 heteroatoms. The van der Waals surface area contributed by atoms with E-state index in [1.54, 1.807) is 11.3 Å². The highest BCUT2D eigenvalue weighted by atomic mass is 32.1. The van der Waals surface area contributed by atoms with Gasteiger partial charge in [0.1, 0.15) is 0 Å². The maximum absolute atomic E-state index is 9.00. The largest absolute Gasteiger partial charge is 0.311 e. The standard InChI is InChI=1S/C58H38N2S.C46H30N2S.C36H24N2S/c1-4-17-41(18-5-1)53-54(58-56(50-25-13-15-27-52(50)61-58)57-55(53)49-24-12-14-26-51(49)60(57)46-22-8-3-9-23-46)42-32-36-48(37-33-42)59(45-20-6-2-7-21-45)47-34-30-40(31-35-47)44-29-28-39-16-10-11-19-43(39)38-44;1-3-16-33(17-4-1)47(41-24-13-15-31-14-7-8-20-36(31)41)35-28-26-32(27-29-35)39-30-40-37-21-9-11-23-42(37)48(34-18-5-2-6-19-34)45(40)44-38-22-10-12-25-43(38)49-46(39)44;1-4-14-25(15-5-1)37(26-16-6-2-7-17-26)32-24-30-28-20-10-12-22-31(28)38(27-18-8-3-9-19-27)35(30)34-29-21-11-13-23-33(29)39-36(32)34/h1-38H;1-30H;1-24H/i;2D,5D,6D,18D,19D;. The van der Waals surface area contributed by atoms with Crippen LogP contribution < -0.4 is 14.7 Å². The molecule has 0 unspecified atom stereocenters. The Hall–Kier alpha value is -18.7. The fraction of sp³-hybridized carbons (Fsp3) is 0. The number of fused-ring (bicyclic) bond motifs is 23. The molecule has 0 saturated heterocycles. The van der Waals surface area contributed by atoms with Crippen molar-refractivity contribution in [1.82, 2.24) is 13.7 Å². The molecule has 700 valence electrons. The van der Waals surface area contributed by atoms with Crippen LogP contribution in [-0.4, -0.2) is 13.7 Å². The third-order valence-electron chi connectivity index (χ3n) is 29.1. The predicted octanol–water partition coefficient (Wildman–Crippen LogP) is 40.8. The molecule has 0 aliphatic carbocycles. The van der Waals surface area contributed by atoms with E-state index in [-0.39, 0.29) is 29.9 Å². The lowest BCUT2D eigenvalue weighted by Gasteiger charge is -2.27. The van der Waals surface area contributed by atoms with Gasteiger partial charge in [-0.1, -0.05) is 376 Å². The van der Waals surface area contributed by atoms with Crippen LogP contribution in [0.2, 0.25) is 0 Å². The number of aromatic nitrogens is 3. The van der Waals surface area contributed by atoms with Gasteiger partial charge < -0.3 is 28.4 Å². The van der Waals surface area contributed by atoms with E-state index in [1.807, 2.05) is 63.6 Å². The van der Waals surface area contributed by atoms with Crippen molar-refractivity contribution in [2.45, 2.75) is 0 Å². The van der Waals surface area contributed by atoms with Gasteiger partial charge in [-0.3, -0.25) is 0 Å². The van der Waals surface area contributed by atoms with Crippen molar-refractivity contribution in [3.63, 3.8) is 0 Å². The molecular formula is C140H92N6S3. The lowest BCUT2D eigenvalue weighted by atomic mass is 9.88. The average Bonchev–Trinajstić information content (AvgIpc) is 1.54. The maximum atomic E-state index is 9.00. The van der Waals surface area contributed by atoms with Crippen molar-refractivity contribution in [3.05, 3.63) is 558 Å². The van der Waals surface area contributed by atoms with Gasteiger partial charge in [0.2, 0.25) is 0 Å². The van der Waals surface area contributed by atoms with E-state index in [2.05, 4.69) is 515 Å². The minimum Gasteiger partial charge on any atom is -0.311 e. The van der Waals surface area contributed by atoms with Crippen molar-refractivity contribution in [2.24, 2.45) is 0 Å². The third-order valence-corrected chi connectivity index (χ3v) is 32.7. The van der Waals surface area contributed by atoms with Crippen LogP contribution in [0.5, 0.6) is 0 Å². The van der Waals surface area contributed by atoms with Crippen LogP contribution in [0.3, 0.4) is 0 Å². The average molecular weight is 1960 g/mol. The number of benzene rings is 24. The minimum atomic E-state index is -0.405. The number of hydrogen-bond donors (Lipinski definition) is 0. The number of anilines is 9. The van der Waals surface area contributed by atoms with Gasteiger partial charge in [0.25, 0.3) is 0 Å². The molecule has 0 spiro atoms. The Kier molecular flexibility index (Phi) is 20.8. The summed E-state index contributed by atoms with van der Waals surface area (Å²) < 4.78 is 57.6. The molecule has 30 aromatic rings. The van der Waals surface area contributed by atoms with Gasteiger partial charge in [0.05, 0.1) is 56.0 Å². The van der Waals surface area contributed by atoms with Crippen molar-refractivity contribution in [3.8, 4) is 61.6 Å². The molecule has 0 aliphatic heterocycles. The second-order valence-electron chi connectivity index (χ2n) is 37.6. The summed E-state index contributed by atoms with van der Waals surface area (Å²) in [4.78, 5) is 7.07. The smallest absolute Gasteiger partial charge is 0.0648 e. The molecule has 0 fully saturated rings. The predicted molar refractivity (Wildman–Crippen MR) is 642 cm³/mol. The van der Waals surface area contributed by atoms with Crippen molar-refractivity contribution >= 4 is 233 Å². The van der Waals surface area contributed by atoms with E-state index in [0.29, 0.717) is 0 Å². The molecule has 30 rings (SSSR count). The number of nitrogens with zero attached hydrogens (tertiary/aromatic N) is 6. The van der Waals surface area contributed by atoms with Gasteiger partial charge in [0.15, 0.2) is 0 Å². The van der Waals surface area contributed by atoms with Gasteiger partial charge >= 0.3 is 0 Å². The number of thiophene rings is 3. The normalized spacial score (nSPS) is 12.1. The quantitative estimate of drug-likeness (QED) is 0.0964. The lowest BCUT2D eigenvalue weighted by Crippen LogP contribution is -2.10. The topological polar surface area (TPSA) is 24.5 Å². The van der Waals surface area contributed by atoms with Crippen LogP contribution in [0.1, 0.15) is 6.85 Å². The summed E-state index contributed by atoms with van der Waals surface area (Å²) in [5, 5.41) is 19.0. The molecule has 0 radical (unpaired) electrons. The van der Waals surface area contributed by atoms with Crippen molar-refractivity contribution < 1.29 is 6.85 Å². The van der Waals surface area contributed by atoms with Crippen LogP contribution in [0.15, 0.2) is 558 Å². The van der Waals surface area contributed by atoms with E-state index >= 15 is 0 Å². The molecule has 6 nitrogen and oxygen atoms in total. The highest BCUT2D eigenvalue weighted by Gasteiger charge is 2.31. The highest BCUT2D eigenvalue weighted by Crippen LogP contribution is 2.57. The zero-order valence-electron chi connectivity index (χ0n) is 85.6. The van der Waals surface area contributed by atoms with E-state index in [1.165, 1.54) is 150 Å². The zero-order valence-corrected chi connectivity index (χ0v) is 83.1. The molecule has 0 saturated carbocycles. The van der Waals surface area contributed by atoms with Crippen molar-refractivity contribution in [2.75, 3.05) is 14.7 Å². The number of para-hydroxylation sites is 10. The van der Waals surface area contributed by atoms with Crippen LogP contribution in [0.4, 0.5) is 51.2 Å². The summed E-state index contributed by atoms with van der Waals surface area (Å²) in [6.07, 6.45) is 0. The van der Waals surface area contributed by atoms with Crippen LogP contribution in [0.25, 0.3) is 209 Å². The molecule has 0 atom stereocenters. The van der Waals surface area contributed by atoms with E-state index in [4.69, 9.17) is 6.85 Å². The van der Waals surface area contributed by atoms with Gasteiger partial charge in [0, 0.05) is 167 Å². The Morgan fingerprint density at radius 1 is 0.188 bits per heavy atom. The van der Waals surface area contributed by atoms with Crippen LogP contribution >= 0.6 is 34.0 Å². The Morgan fingerprint density at radius 3 is 1.09 bits per heavy atom. The zero-order chi connectivity index (χ0) is 103. The molecule has 149 heavy (non-hydrogen) atoms. The Bertz CT molecular complexity index is 10600. The van der Waals surface area contributed by atoms with Crippen molar-refractivity contribution in [1.29, 1.82) is 0 Å².